The van der Waals surface area contributed by atoms with Crippen molar-refractivity contribution in [3.63, 3.8) is 0 Å². The zero-order chi connectivity index (χ0) is 10.8. The Morgan fingerprint density at radius 3 is 2.88 bits per heavy atom. The third kappa shape index (κ3) is 3.25. The van der Waals surface area contributed by atoms with Gasteiger partial charge in [-0.1, -0.05) is 23.2 Å². The predicted molar refractivity (Wildman–Crippen MR) is 74.3 cm³/mol. The van der Waals surface area contributed by atoms with Crippen LogP contribution in [0, 0.1) is 0 Å². The summed E-state index contributed by atoms with van der Waals surface area (Å²) in [5, 5.41) is 6.16. The molecule has 1 saturated heterocycles. The lowest BCUT2D eigenvalue weighted by molar-refractivity contribution is 0.166. The van der Waals surface area contributed by atoms with Crippen LogP contribution in [0.15, 0.2) is 5.38 Å². The van der Waals surface area contributed by atoms with E-state index in [0.717, 1.165) is 36.8 Å². The van der Waals surface area contributed by atoms with E-state index in [4.69, 9.17) is 23.2 Å². The van der Waals surface area contributed by atoms with Crippen molar-refractivity contribution >= 4 is 46.9 Å². The maximum absolute atomic E-state index is 6.11. The molecule has 0 aliphatic carbocycles. The van der Waals surface area contributed by atoms with Crippen molar-refractivity contribution in [2.24, 2.45) is 0 Å². The zero-order valence-electron chi connectivity index (χ0n) is 9.00. The van der Waals surface area contributed by atoms with E-state index in [0.29, 0.717) is 10.4 Å². The second-order valence-corrected chi connectivity index (χ2v) is 5.73. The van der Waals surface area contributed by atoms with Gasteiger partial charge in [0.15, 0.2) is 0 Å². The molecule has 92 valence electrons. The van der Waals surface area contributed by atoms with Gasteiger partial charge in [0.2, 0.25) is 0 Å². The van der Waals surface area contributed by atoms with Gasteiger partial charge in [0.25, 0.3) is 0 Å². The number of thiophene rings is 1. The Balaban J connectivity index is 0.00000128. The number of nitrogens with zero attached hydrogens (tertiary/aromatic N) is 1. The van der Waals surface area contributed by atoms with Gasteiger partial charge in [0.05, 0.1) is 5.02 Å². The van der Waals surface area contributed by atoms with Gasteiger partial charge in [-0.05, 0) is 17.9 Å². The fourth-order valence-corrected chi connectivity index (χ4v) is 3.04. The average Bonchev–Trinajstić information content (AvgIpc) is 2.53. The molecule has 1 fully saturated rings. The van der Waals surface area contributed by atoms with Crippen LogP contribution in [-0.4, -0.2) is 30.6 Å². The lowest BCUT2D eigenvalue weighted by Crippen LogP contribution is -2.49. The molecule has 1 aliphatic heterocycles. The van der Waals surface area contributed by atoms with Crippen molar-refractivity contribution in [2.75, 3.05) is 19.6 Å². The molecule has 6 heteroatoms. The highest BCUT2D eigenvalue weighted by atomic mass is 35.5. The standard InChI is InChI=1S/C10H14Cl2N2S.ClH/c1-7-4-13-2-3-14(7)5-8-6-15-10(12)9(8)11;/h6-7,13H,2-5H2,1H3;1H. The lowest BCUT2D eigenvalue weighted by Gasteiger charge is -2.33. The highest BCUT2D eigenvalue weighted by Crippen LogP contribution is 2.33. The van der Waals surface area contributed by atoms with Crippen molar-refractivity contribution in [1.82, 2.24) is 10.2 Å². The minimum Gasteiger partial charge on any atom is -0.314 e. The number of piperazine rings is 1. The summed E-state index contributed by atoms with van der Waals surface area (Å²) in [5.41, 5.74) is 1.15. The van der Waals surface area contributed by atoms with Crippen LogP contribution in [0.1, 0.15) is 12.5 Å². The summed E-state index contributed by atoms with van der Waals surface area (Å²) in [4.78, 5) is 2.43. The van der Waals surface area contributed by atoms with Crippen LogP contribution in [-0.2, 0) is 6.54 Å². The lowest BCUT2D eigenvalue weighted by atomic mass is 10.2. The summed E-state index contributed by atoms with van der Waals surface area (Å²) in [7, 11) is 0. The molecule has 1 unspecified atom stereocenters. The quantitative estimate of drug-likeness (QED) is 0.902. The Labute approximate surface area is 116 Å². The van der Waals surface area contributed by atoms with E-state index in [-0.39, 0.29) is 12.4 Å². The molecule has 0 bridgehead atoms. The molecular formula is C10H15Cl3N2S. The van der Waals surface area contributed by atoms with Crippen LogP contribution in [0.2, 0.25) is 9.36 Å². The van der Waals surface area contributed by atoms with E-state index in [1.807, 2.05) is 0 Å². The largest absolute Gasteiger partial charge is 0.314 e. The van der Waals surface area contributed by atoms with Crippen LogP contribution >= 0.6 is 46.9 Å². The predicted octanol–water partition coefficient (Wildman–Crippen LogP) is 3.27. The molecular weight excluding hydrogens is 287 g/mol. The van der Waals surface area contributed by atoms with Crippen LogP contribution < -0.4 is 5.32 Å². The molecule has 1 aromatic rings. The van der Waals surface area contributed by atoms with Crippen molar-refractivity contribution in [1.29, 1.82) is 0 Å². The van der Waals surface area contributed by atoms with Crippen LogP contribution in [0.4, 0.5) is 0 Å². The highest BCUT2D eigenvalue weighted by molar-refractivity contribution is 7.15. The van der Waals surface area contributed by atoms with Crippen molar-refractivity contribution in [3.8, 4) is 0 Å². The van der Waals surface area contributed by atoms with Gasteiger partial charge < -0.3 is 5.32 Å². The first-order valence-corrected chi connectivity index (χ1v) is 6.68. The SMILES string of the molecule is CC1CNCCN1Cc1csc(Cl)c1Cl.Cl. The average molecular weight is 302 g/mol. The molecule has 1 aliphatic rings. The second kappa shape index (κ2) is 6.43. The van der Waals surface area contributed by atoms with Crippen molar-refractivity contribution < 1.29 is 0 Å². The molecule has 1 N–H and O–H groups in total. The summed E-state index contributed by atoms with van der Waals surface area (Å²) in [6, 6.07) is 0.563. The van der Waals surface area contributed by atoms with Gasteiger partial charge in [-0.2, -0.15) is 0 Å². The Bertz CT molecular complexity index is 343. The van der Waals surface area contributed by atoms with Gasteiger partial charge in [-0.3, -0.25) is 4.90 Å². The van der Waals surface area contributed by atoms with Crippen molar-refractivity contribution in [3.05, 3.63) is 20.3 Å². The summed E-state index contributed by atoms with van der Waals surface area (Å²) >= 11 is 13.6. The molecule has 1 aromatic heterocycles. The second-order valence-electron chi connectivity index (χ2n) is 3.87. The van der Waals surface area contributed by atoms with E-state index in [1.54, 1.807) is 0 Å². The Kier molecular flexibility index (Phi) is 5.85. The molecule has 0 spiro atoms. The Morgan fingerprint density at radius 1 is 1.56 bits per heavy atom. The fourth-order valence-electron chi connectivity index (χ4n) is 1.80. The molecule has 2 nitrogen and oxygen atoms in total. The van der Waals surface area contributed by atoms with Crippen LogP contribution in [0.5, 0.6) is 0 Å². The van der Waals surface area contributed by atoms with E-state index in [2.05, 4.69) is 22.5 Å². The normalized spacial score (nSPS) is 21.8. The molecule has 2 rings (SSSR count). The monoisotopic (exact) mass is 300 g/mol. The Hall–Kier alpha value is 0.490. The van der Waals surface area contributed by atoms with Crippen LogP contribution in [0.25, 0.3) is 0 Å². The smallest absolute Gasteiger partial charge is 0.112 e. The molecule has 2 heterocycles. The molecule has 0 aromatic carbocycles. The minimum atomic E-state index is 0. The Morgan fingerprint density at radius 2 is 2.31 bits per heavy atom. The van der Waals surface area contributed by atoms with E-state index >= 15 is 0 Å². The van der Waals surface area contributed by atoms with E-state index in [1.165, 1.54) is 11.3 Å². The molecule has 0 saturated carbocycles. The first-order chi connectivity index (χ1) is 7.18. The number of rotatable bonds is 2. The minimum absolute atomic E-state index is 0. The third-order valence-corrected chi connectivity index (χ3v) is 4.68. The van der Waals surface area contributed by atoms with Gasteiger partial charge in [-0.25, -0.2) is 0 Å². The molecule has 1 atom stereocenters. The van der Waals surface area contributed by atoms with Crippen molar-refractivity contribution in [2.45, 2.75) is 19.5 Å². The third-order valence-electron chi connectivity index (χ3n) is 2.77. The number of hydrogen-bond acceptors (Lipinski definition) is 3. The molecule has 0 radical (unpaired) electrons. The summed E-state index contributed by atoms with van der Waals surface area (Å²) in [6.45, 7) is 6.32. The summed E-state index contributed by atoms with van der Waals surface area (Å²) in [6.07, 6.45) is 0. The van der Waals surface area contributed by atoms with E-state index in [9.17, 15) is 0 Å². The van der Waals surface area contributed by atoms with E-state index < -0.39 is 0 Å². The number of hydrogen-bond donors (Lipinski definition) is 1. The zero-order valence-corrected chi connectivity index (χ0v) is 12.1. The number of halogens is 3. The maximum Gasteiger partial charge on any atom is 0.112 e. The molecule has 16 heavy (non-hydrogen) atoms. The highest BCUT2D eigenvalue weighted by Gasteiger charge is 2.19. The maximum atomic E-state index is 6.11. The van der Waals surface area contributed by atoms with Gasteiger partial charge in [-0.15, -0.1) is 23.7 Å². The fraction of sp³-hybridized carbons (Fsp3) is 0.600. The number of nitrogens with one attached hydrogen (secondary N) is 1. The first kappa shape index (κ1) is 14.6. The first-order valence-electron chi connectivity index (χ1n) is 5.04. The van der Waals surface area contributed by atoms with Crippen LogP contribution in [0.3, 0.4) is 0 Å². The summed E-state index contributed by atoms with van der Waals surface area (Å²) in [5.74, 6) is 0. The van der Waals surface area contributed by atoms with Gasteiger partial charge >= 0.3 is 0 Å². The van der Waals surface area contributed by atoms with Gasteiger partial charge in [0, 0.05) is 32.2 Å². The topological polar surface area (TPSA) is 15.3 Å². The summed E-state index contributed by atoms with van der Waals surface area (Å²) < 4.78 is 0.703. The molecule has 0 amide bonds. The van der Waals surface area contributed by atoms with Gasteiger partial charge in [0.1, 0.15) is 4.34 Å².